The first kappa shape index (κ1) is 14.1. The molecule has 0 spiro atoms. The van der Waals surface area contributed by atoms with Crippen molar-refractivity contribution in [1.82, 2.24) is 9.38 Å². The number of ether oxygens (including phenoxy) is 1. The van der Waals surface area contributed by atoms with Crippen LogP contribution in [0.15, 0.2) is 42.6 Å². The van der Waals surface area contributed by atoms with Gasteiger partial charge in [-0.05, 0) is 43.3 Å². The van der Waals surface area contributed by atoms with Crippen LogP contribution in [0.1, 0.15) is 17.4 Å². The number of hydrogen-bond donors (Lipinski definition) is 1. The highest BCUT2D eigenvalue weighted by Crippen LogP contribution is 2.26. The third-order valence-corrected chi connectivity index (χ3v) is 3.22. The lowest BCUT2D eigenvalue weighted by atomic mass is 10.1. The maximum absolute atomic E-state index is 13.4. The predicted octanol–water partition coefficient (Wildman–Crippen LogP) is 3.24. The Hall–Kier alpha value is -2.89. The van der Waals surface area contributed by atoms with Crippen LogP contribution in [0, 0.1) is 5.82 Å². The summed E-state index contributed by atoms with van der Waals surface area (Å²) in [5.74, 6) is -0.995. The molecule has 0 aliphatic rings. The molecule has 0 fully saturated rings. The average molecular weight is 300 g/mol. The van der Waals surface area contributed by atoms with Crippen molar-refractivity contribution in [3.05, 3.63) is 54.1 Å². The van der Waals surface area contributed by atoms with E-state index in [1.54, 1.807) is 24.3 Å². The molecule has 2 heterocycles. The maximum Gasteiger partial charge on any atom is 0.355 e. The molecule has 0 radical (unpaired) electrons. The second-order valence-electron chi connectivity index (χ2n) is 4.65. The van der Waals surface area contributed by atoms with E-state index in [0.29, 0.717) is 29.3 Å². The van der Waals surface area contributed by atoms with Gasteiger partial charge >= 0.3 is 5.97 Å². The molecule has 5 nitrogen and oxygen atoms in total. The minimum atomic E-state index is -1.16. The number of aromatic carboxylic acids is 1. The van der Waals surface area contributed by atoms with Crippen LogP contribution in [0.4, 0.5) is 4.39 Å². The fourth-order valence-corrected chi connectivity index (χ4v) is 2.30. The van der Waals surface area contributed by atoms with Gasteiger partial charge in [0.1, 0.15) is 22.9 Å². The standard InChI is InChI=1S/C16H13FN2O3/c1-2-22-12-6-3-10(4-7-12)14-15(16(20)21)19-9-11(17)5-8-13(19)18-14/h3-9H,2H2,1H3,(H,20,21). The number of aromatic nitrogens is 2. The quantitative estimate of drug-likeness (QED) is 0.803. The van der Waals surface area contributed by atoms with Crippen LogP contribution >= 0.6 is 0 Å². The minimum Gasteiger partial charge on any atom is -0.494 e. The van der Waals surface area contributed by atoms with E-state index in [9.17, 15) is 14.3 Å². The molecule has 112 valence electrons. The summed E-state index contributed by atoms with van der Waals surface area (Å²) in [6.45, 7) is 2.43. The number of halogens is 1. The zero-order chi connectivity index (χ0) is 15.7. The molecule has 1 aromatic carbocycles. The Kier molecular flexibility index (Phi) is 3.50. The first-order chi connectivity index (χ1) is 10.6. The normalized spacial score (nSPS) is 10.8. The summed E-state index contributed by atoms with van der Waals surface area (Å²) in [4.78, 5) is 15.8. The van der Waals surface area contributed by atoms with Gasteiger partial charge in [0.25, 0.3) is 0 Å². The highest BCUT2D eigenvalue weighted by Gasteiger charge is 2.20. The summed E-state index contributed by atoms with van der Waals surface area (Å²) in [5, 5.41) is 9.44. The van der Waals surface area contributed by atoms with Gasteiger partial charge in [-0.2, -0.15) is 0 Å². The minimum absolute atomic E-state index is 0.0707. The summed E-state index contributed by atoms with van der Waals surface area (Å²) in [6, 6.07) is 9.64. The van der Waals surface area contributed by atoms with E-state index in [1.165, 1.54) is 16.5 Å². The van der Waals surface area contributed by atoms with Gasteiger partial charge in [-0.3, -0.25) is 4.40 Å². The molecule has 0 atom stereocenters. The van der Waals surface area contributed by atoms with Crippen LogP contribution in [0.5, 0.6) is 5.75 Å². The molecule has 3 aromatic rings. The number of benzene rings is 1. The monoisotopic (exact) mass is 300 g/mol. The van der Waals surface area contributed by atoms with Crippen LogP contribution in [-0.4, -0.2) is 27.1 Å². The third kappa shape index (κ3) is 2.39. The molecular formula is C16H13FN2O3. The van der Waals surface area contributed by atoms with Crippen molar-refractivity contribution in [3.63, 3.8) is 0 Å². The van der Waals surface area contributed by atoms with Crippen molar-refractivity contribution in [1.29, 1.82) is 0 Å². The number of hydrogen-bond acceptors (Lipinski definition) is 3. The number of rotatable bonds is 4. The van der Waals surface area contributed by atoms with Gasteiger partial charge in [-0.1, -0.05) is 0 Å². The van der Waals surface area contributed by atoms with Gasteiger partial charge < -0.3 is 9.84 Å². The summed E-state index contributed by atoms with van der Waals surface area (Å²) in [7, 11) is 0. The largest absolute Gasteiger partial charge is 0.494 e. The third-order valence-electron chi connectivity index (χ3n) is 3.22. The zero-order valence-electron chi connectivity index (χ0n) is 11.8. The molecule has 0 unspecified atom stereocenters. The molecule has 0 amide bonds. The number of nitrogens with zero attached hydrogens (tertiary/aromatic N) is 2. The molecule has 6 heteroatoms. The van der Waals surface area contributed by atoms with Crippen molar-refractivity contribution < 1.29 is 19.0 Å². The van der Waals surface area contributed by atoms with E-state index in [0.717, 1.165) is 6.20 Å². The lowest BCUT2D eigenvalue weighted by Crippen LogP contribution is -2.04. The summed E-state index contributed by atoms with van der Waals surface area (Å²) in [5.41, 5.74) is 1.23. The average Bonchev–Trinajstić information content (AvgIpc) is 2.87. The van der Waals surface area contributed by atoms with Gasteiger partial charge in [-0.25, -0.2) is 14.2 Å². The molecule has 22 heavy (non-hydrogen) atoms. The van der Waals surface area contributed by atoms with Gasteiger partial charge in [0.2, 0.25) is 0 Å². The highest BCUT2D eigenvalue weighted by molar-refractivity contribution is 5.94. The highest BCUT2D eigenvalue weighted by atomic mass is 19.1. The number of imidazole rings is 1. The van der Waals surface area contributed by atoms with Crippen molar-refractivity contribution in [2.75, 3.05) is 6.61 Å². The Morgan fingerprint density at radius 2 is 2.00 bits per heavy atom. The fraction of sp³-hybridized carbons (Fsp3) is 0.125. The van der Waals surface area contributed by atoms with E-state index in [2.05, 4.69) is 4.98 Å². The molecule has 0 bridgehead atoms. The van der Waals surface area contributed by atoms with Gasteiger partial charge in [0.15, 0.2) is 5.69 Å². The van der Waals surface area contributed by atoms with Gasteiger partial charge in [0.05, 0.1) is 6.61 Å². The summed E-state index contributed by atoms with van der Waals surface area (Å²) in [6.07, 6.45) is 1.11. The topological polar surface area (TPSA) is 63.8 Å². The molecular weight excluding hydrogens is 287 g/mol. The SMILES string of the molecule is CCOc1ccc(-c2nc3ccc(F)cn3c2C(=O)O)cc1. The fourth-order valence-electron chi connectivity index (χ4n) is 2.30. The molecule has 0 aliphatic heterocycles. The first-order valence-electron chi connectivity index (χ1n) is 6.74. The van der Waals surface area contributed by atoms with Crippen LogP contribution in [-0.2, 0) is 0 Å². The number of carbonyl (C=O) groups is 1. The zero-order valence-corrected chi connectivity index (χ0v) is 11.8. The van der Waals surface area contributed by atoms with E-state index in [1.807, 2.05) is 6.92 Å². The van der Waals surface area contributed by atoms with E-state index in [-0.39, 0.29) is 5.69 Å². The number of carboxylic acid groups (broad SMARTS) is 1. The Balaban J connectivity index is 2.17. The van der Waals surface area contributed by atoms with Crippen LogP contribution in [0.2, 0.25) is 0 Å². The van der Waals surface area contributed by atoms with Crippen LogP contribution in [0.25, 0.3) is 16.9 Å². The first-order valence-corrected chi connectivity index (χ1v) is 6.74. The smallest absolute Gasteiger partial charge is 0.355 e. The van der Waals surface area contributed by atoms with Gasteiger partial charge in [0, 0.05) is 11.8 Å². The summed E-state index contributed by atoms with van der Waals surface area (Å²) < 4.78 is 20.0. The molecule has 0 saturated carbocycles. The van der Waals surface area contributed by atoms with Crippen LogP contribution < -0.4 is 4.74 Å². The molecule has 3 rings (SSSR count). The van der Waals surface area contributed by atoms with Crippen LogP contribution in [0.3, 0.4) is 0 Å². The Morgan fingerprint density at radius 1 is 1.27 bits per heavy atom. The second-order valence-corrected chi connectivity index (χ2v) is 4.65. The molecule has 0 aliphatic carbocycles. The van der Waals surface area contributed by atoms with Crippen molar-refractivity contribution in [2.24, 2.45) is 0 Å². The molecule has 0 saturated heterocycles. The van der Waals surface area contributed by atoms with Crippen molar-refractivity contribution in [2.45, 2.75) is 6.92 Å². The molecule has 1 N–H and O–H groups in total. The summed E-state index contributed by atoms with van der Waals surface area (Å²) >= 11 is 0. The van der Waals surface area contributed by atoms with E-state index >= 15 is 0 Å². The Labute approximate surface area is 125 Å². The second kappa shape index (κ2) is 5.48. The van der Waals surface area contributed by atoms with E-state index < -0.39 is 11.8 Å². The van der Waals surface area contributed by atoms with E-state index in [4.69, 9.17) is 4.74 Å². The predicted molar refractivity (Wildman–Crippen MR) is 78.7 cm³/mol. The Bertz CT molecular complexity index is 840. The number of carboxylic acids is 1. The molecule has 2 aromatic heterocycles. The maximum atomic E-state index is 13.4. The van der Waals surface area contributed by atoms with Crippen molar-refractivity contribution in [3.8, 4) is 17.0 Å². The Morgan fingerprint density at radius 3 is 2.64 bits per heavy atom. The van der Waals surface area contributed by atoms with Gasteiger partial charge in [-0.15, -0.1) is 0 Å². The van der Waals surface area contributed by atoms with Crippen molar-refractivity contribution >= 4 is 11.6 Å². The lowest BCUT2D eigenvalue weighted by Gasteiger charge is -2.04. The lowest BCUT2D eigenvalue weighted by molar-refractivity contribution is 0.0690. The number of fused-ring (bicyclic) bond motifs is 1. The number of pyridine rings is 1.